The molecule has 0 saturated carbocycles. The van der Waals surface area contributed by atoms with Crippen LogP contribution in [0.3, 0.4) is 0 Å². The highest BCUT2D eigenvalue weighted by Gasteiger charge is 2.23. The predicted molar refractivity (Wildman–Crippen MR) is 88.3 cm³/mol. The van der Waals surface area contributed by atoms with E-state index in [1.807, 2.05) is 12.1 Å². The lowest BCUT2D eigenvalue weighted by atomic mass is 9.98. The van der Waals surface area contributed by atoms with Gasteiger partial charge in [-0.25, -0.2) is 0 Å². The fourth-order valence-electron chi connectivity index (χ4n) is 3.43. The quantitative estimate of drug-likeness (QED) is 0.839. The summed E-state index contributed by atoms with van der Waals surface area (Å²) < 4.78 is 5.34. The molecule has 1 fully saturated rings. The first kappa shape index (κ1) is 14.2. The van der Waals surface area contributed by atoms with Gasteiger partial charge >= 0.3 is 0 Å². The molecule has 0 aliphatic carbocycles. The Kier molecular flexibility index (Phi) is 4.00. The predicted octanol–water partition coefficient (Wildman–Crippen LogP) is 4.32. The first-order valence-corrected chi connectivity index (χ1v) is 7.95. The summed E-state index contributed by atoms with van der Waals surface area (Å²) in [6, 6.07) is 9.12. The smallest absolute Gasteiger partial charge is 0.121 e. The van der Waals surface area contributed by atoms with E-state index in [0.29, 0.717) is 6.04 Å². The van der Waals surface area contributed by atoms with Crippen molar-refractivity contribution in [2.75, 3.05) is 18.6 Å². The van der Waals surface area contributed by atoms with Crippen LogP contribution in [0, 0.1) is 6.92 Å². The third kappa shape index (κ3) is 2.69. The van der Waals surface area contributed by atoms with Crippen molar-refractivity contribution in [2.24, 2.45) is 0 Å². The first-order valence-electron chi connectivity index (χ1n) is 7.95. The van der Waals surface area contributed by atoms with Gasteiger partial charge in [-0.1, -0.05) is 6.92 Å². The molecule has 1 aliphatic heterocycles. The lowest BCUT2D eigenvalue weighted by Gasteiger charge is -2.38. The standard InChI is InChI=1S/C18H24N2O/c1-4-14-7-5-6-10-20(14)18-11-13(2)19-17-12-15(21-3)8-9-16(17)18/h8-9,11-12,14H,4-7,10H2,1-3H3. The van der Waals surface area contributed by atoms with Crippen molar-refractivity contribution in [1.82, 2.24) is 4.98 Å². The van der Waals surface area contributed by atoms with Crippen LogP contribution >= 0.6 is 0 Å². The minimum Gasteiger partial charge on any atom is -0.497 e. The molecule has 2 heterocycles. The zero-order valence-electron chi connectivity index (χ0n) is 13.2. The molecule has 0 amide bonds. The average molecular weight is 284 g/mol. The van der Waals surface area contributed by atoms with E-state index in [2.05, 4.69) is 35.9 Å². The van der Waals surface area contributed by atoms with Gasteiger partial charge in [-0.15, -0.1) is 0 Å². The Morgan fingerprint density at radius 2 is 2.14 bits per heavy atom. The summed E-state index contributed by atoms with van der Waals surface area (Å²) in [5, 5.41) is 1.24. The molecule has 0 spiro atoms. The van der Waals surface area contributed by atoms with Gasteiger partial charge in [0.2, 0.25) is 0 Å². The summed E-state index contributed by atoms with van der Waals surface area (Å²) >= 11 is 0. The third-order valence-corrected chi connectivity index (χ3v) is 4.53. The highest BCUT2D eigenvalue weighted by atomic mass is 16.5. The van der Waals surface area contributed by atoms with Crippen LogP contribution in [0.15, 0.2) is 24.3 Å². The molecular formula is C18H24N2O. The first-order chi connectivity index (χ1) is 10.2. The summed E-state index contributed by atoms with van der Waals surface area (Å²) in [5.74, 6) is 0.872. The van der Waals surface area contributed by atoms with Gasteiger partial charge in [0.25, 0.3) is 0 Å². The van der Waals surface area contributed by atoms with E-state index in [-0.39, 0.29) is 0 Å². The van der Waals surface area contributed by atoms with Crippen LogP contribution in [0.1, 0.15) is 38.3 Å². The number of ether oxygens (including phenoxy) is 1. The topological polar surface area (TPSA) is 25.4 Å². The number of hydrogen-bond donors (Lipinski definition) is 0. The molecular weight excluding hydrogens is 260 g/mol. The van der Waals surface area contributed by atoms with Crippen LogP contribution in [0.5, 0.6) is 5.75 Å². The van der Waals surface area contributed by atoms with E-state index in [9.17, 15) is 0 Å². The Bertz CT molecular complexity index is 638. The maximum atomic E-state index is 5.34. The monoisotopic (exact) mass is 284 g/mol. The van der Waals surface area contributed by atoms with E-state index in [1.165, 1.54) is 36.8 Å². The van der Waals surface area contributed by atoms with E-state index < -0.39 is 0 Å². The molecule has 21 heavy (non-hydrogen) atoms. The number of aryl methyl sites for hydroxylation is 1. The lowest BCUT2D eigenvalue weighted by Crippen LogP contribution is -2.39. The maximum Gasteiger partial charge on any atom is 0.121 e. The number of rotatable bonds is 3. The fourth-order valence-corrected chi connectivity index (χ4v) is 3.43. The van der Waals surface area contributed by atoms with Crippen molar-refractivity contribution in [3.8, 4) is 5.75 Å². The average Bonchev–Trinajstić information content (AvgIpc) is 2.53. The van der Waals surface area contributed by atoms with E-state index in [0.717, 1.165) is 23.5 Å². The summed E-state index contributed by atoms with van der Waals surface area (Å²) in [4.78, 5) is 7.27. The van der Waals surface area contributed by atoms with Gasteiger partial charge in [0.1, 0.15) is 5.75 Å². The Morgan fingerprint density at radius 3 is 2.90 bits per heavy atom. The van der Waals surface area contributed by atoms with E-state index in [1.54, 1.807) is 7.11 Å². The highest BCUT2D eigenvalue weighted by molar-refractivity contribution is 5.93. The summed E-state index contributed by atoms with van der Waals surface area (Å²) in [6.07, 6.45) is 5.15. The Hall–Kier alpha value is -1.77. The summed E-state index contributed by atoms with van der Waals surface area (Å²) in [6.45, 7) is 5.53. The van der Waals surface area contributed by atoms with Gasteiger partial charge in [0.05, 0.1) is 12.6 Å². The SMILES string of the molecule is CCC1CCCCN1c1cc(C)nc2cc(OC)ccc12. The normalized spacial score (nSPS) is 19.0. The Morgan fingerprint density at radius 1 is 1.29 bits per heavy atom. The molecule has 3 rings (SSSR count). The number of methoxy groups -OCH3 is 1. The molecule has 1 aliphatic rings. The number of piperidine rings is 1. The van der Waals surface area contributed by atoms with Gasteiger partial charge < -0.3 is 9.64 Å². The Labute approximate surface area is 126 Å². The molecule has 1 aromatic heterocycles. The second-order valence-corrected chi connectivity index (χ2v) is 5.92. The van der Waals surface area contributed by atoms with Crippen molar-refractivity contribution < 1.29 is 4.74 Å². The minimum atomic E-state index is 0.658. The van der Waals surface area contributed by atoms with Crippen molar-refractivity contribution in [1.29, 1.82) is 0 Å². The largest absolute Gasteiger partial charge is 0.497 e. The second-order valence-electron chi connectivity index (χ2n) is 5.92. The van der Waals surface area contributed by atoms with Gasteiger partial charge in [-0.3, -0.25) is 4.98 Å². The number of benzene rings is 1. The zero-order valence-corrected chi connectivity index (χ0v) is 13.2. The zero-order chi connectivity index (χ0) is 14.8. The molecule has 112 valence electrons. The molecule has 0 radical (unpaired) electrons. The molecule has 1 unspecified atom stereocenters. The number of nitrogens with zero attached hydrogens (tertiary/aromatic N) is 2. The van der Waals surface area contributed by atoms with Crippen molar-refractivity contribution >= 4 is 16.6 Å². The van der Waals surface area contributed by atoms with Crippen LogP contribution in [0.4, 0.5) is 5.69 Å². The molecule has 3 heteroatoms. The van der Waals surface area contributed by atoms with Crippen LogP contribution in [-0.4, -0.2) is 24.7 Å². The van der Waals surface area contributed by atoms with Gasteiger partial charge in [0.15, 0.2) is 0 Å². The number of pyridine rings is 1. The molecule has 3 nitrogen and oxygen atoms in total. The van der Waals surface area contributed by atoms with Crippen LogP contribution < -0.4 is 9.64 Å². The number of hydrogen-bond acceptors (Lipinski definition) is 3. The molecule has 0 bridgehead atoms. The van der Waals surface area contributed by atoms with E-state index in [4.69, 9.17) is 4.74 Å². The lowest BCUT2D eigenvalue weighted by molar-refractivity contribution is 0.415. The van der Waals surface area contributed by atoms with Crippen molar-refractivity contribution in [3.05, 3.63) is 30.0 Å². The van der Waals surface area contributed by atoms with E-state index >= 15 is 0 Å². The van der Waals surface area contributed by atoms with Crippen LogP contribution in [0.2, 0.25) is 0 Å². The van der Waals surface area contributed by atoms with Crippen molar-refractivity contribution in [3.63, 3.8) is 0 Å². The minimum absolute atomic E-state index is 0.658. The second kappa shape index (κ2) is 5.92. The summed E-state index contributed by atoms with van der Waals surface area (Å²) in [5.41, 5.74) is 3.45. The molecule has 1 atom stereocenters. The third-order valence-electron chi connectivity index (χ3n) is 4.53. The molecule has 2 aromatic rings. The number of fused-ring (bicyclic) bond motifs is 1. The maximum absolute atomic E-state index is 5.34. The summed E-state index contributed by atoms with van der Waals surface area (Å²) in [7, 11) is 1.70. The highest BCUT2D eigenvalue weighted by Crippen LogP contribution is 2.34. The number of aromatic nitrogens is 1. The van der Waals surface area contributed by atoms with Crippen LogP contribution in [-0.2, 0) is 0 Å². The van der Waals surface area contributed by atoms with Crippen LogP contribution in [0.25, 0.3) is 10.9 Å². The molecule has 0 N–H and O–H groups in total. The molecule has 1 saturated heterocycles. The number of anilines is 1. The Balaban J connectivity index is 2.12. The molecule has 1 aromatic carbocycles. The van der Waals surface area contributed by atoms with Gasteiger partial charge in [-0.2, -0.15) is 0 Å². The fraction of sp³-hybridized carbons (Fsp3) is 0.500. The van der Waals surface area contributed by atoms with Gasteiger partial charge in [0, 0.05) is 35.4 Å². The van der Waals surface area contributed by atoms with Gasteiger partial charge in [-0.05, 0) is 50.8 Å². The van der Waals surface area contributed by atoms with Crippen molar-refractivity contribution in [2.45, 2.75) is 45.6 Å².